The first-order valence-corrected chi connectivity index (χ1v) is 8.40. The lowest BCUT2D eigenvalue weighted by molar-refractivity contribution is 0.139. The highest BCUT2D eigenvalue weighted by Gasteiger charge is 2.19. The molecule has 0 aromatic heterocycles. The average Bonchev–Trinajstić information content (AvgIpc) is 2.56. The number of carbonyl (C=O) groups excluding carboxylic acids is 1. The fraction of sp³-hybridized carbons (Fsp3) is 0.350. The molecule has 2 atom stereocenters. The molecule has 4 nitrogen and oxygen atoms in total. The van der Waals surface area contributed by atoms with Crippen molar-refractivity contribution in [3.05, 3.63) is 65.0 Å². The summed E-state index contributed by atoms with van der Waals surface area (Å²) < 4.78 is 13.0. The van der Waals surface area contributed by atoms with Crippen molar-refractivity contribution in [3.8, 4) is 0 Å². The third-order valence-electron chi connectivity index (χ3n) is 4.21. The van der Waals surface area contributed by atoms with E-state index in [1.807, 2.05) is 25.1 Å². The highest BCUT2D eigenvalue weighted by Crippen LogP contribution is 2.27. The number of aryl methyl sites for hydroxylation is 1. The highest BCUT2D eigenvalue weighted by molar-refractivity contribution is 5.91. The van der Waals surface area contributed by atoms with Gasteiger partial charge in [-0.05, 0) is 48.6 Å². The van der Waals surface area contributed by atoms with Gasteiger partial charge in [0, 0.05) is 5.69 Å². The summed E-state index contributed by atoms with van der Waals surface area (Å²) in [5.74, 6) is -0.0903. The number of nitrogens with one attached hydrogen (secondary N) is 2. The molecule has 0 aliphatic rings. The van der Waals surface area contributed by atoms with Crippen LogP contribution in [-0.2, 0) is 0 Å². The number of hydrogen-bond donors (Lipinski definition) is 3. The molecular weight excluding hydrogens is 319 g/mol. The molecule has 2 aromatic carbocycles. The number of hydrogen-bond acceptors (Lipinski definition) is 2. The van der Waals surface area contributed by atoms with Gasteiger partial charge in [-0.3, -0.25) is 0 Å². The maximum absolute atomic E-state index is 13.0. The van der Waals surface area contributed by atoms with E-state index in [1.165, 1.54) is 24.3 Å². The Balaban J connectivity index is 2.06. The molecular formula is C20H25FN2O2. The van der Waals surface area contributed by atoms with Gasteiger partial charge in [0.1, 0.15) is 5.82 Å². The topological polar surface area (TPSA) is 61.4 Å². The lowest BCUT2D eigenvalue weighted by atomic mass is 9.98. The van der Waals surface area contributed by atoms with Crippen LogP contribution in [0.4, 0.5) is 14.9 Å². The number of urea groups is 1. The zero-order valence-electron chi connectivity index (χ0n) is 15.0. The van der Waals surface area contributed by atoms with Crippen LogP contribution in [0.3, 0.4) is 0 Å². The number of amides is 2. The molecule has 5 heteroatoms. The number of para-hydroxylation sites is 1. The lowest BCUT2D eigenvalue weighted by Gasteiger charge is -2.22. The van der Waals surface area contributed by atoms with Crippen LogP contribution >= 0.6 is 0 Å². The summed E-state index contributed by atoms with van der Waals surface area (Å²) in [6.07, 6.45) is -0.923. The van der Waals surface area contributed by atoms with E-state index < -0.39 is 12.1 Å². The monoisotopic (exact) mass is 344 g/mol. The van der Waals surface area contributed by atoms with E-state index in [0.29, 0.717) is 5.56 Å². The van der Waals surface area contributed by atoms with Gasteiger partial charge >= 0.3 is 6.03 Å². The second kappa shape index (κ2) is 8.12. The SMILES string of the molecule is Cc1cccc(C(C)C)c1NC(=O)NC(C)C(O)c1ccc(F)cc1. The molecule has 25 heavy (non-hydrogen) atoms. The molecule has 3 N–H and O–H groups in total. The number of anilines is 1. The molecule has 0 saturated heterocycles. The summed E-state index contributed by atoms with van der Waals surface area (Å²) in [7, 11) is 0. The molecule has 2 amide bonds. The van der Waals surface area contributed by atoms with Crippen molar-refractivity contribution in [2.45, 2.75) is 45.8 Å². The van der Waals surface area contributed by atoms with Gasteiger partial charge in [-0.15, -0.1) is 0 Å². The summed E-state index contributed by atoms with van der Waals surface area (Å²) in [6.45, 7) is 7.78. The normalized spacial score (nSPS) is 13.4. The second-order valence-corrected chi connectivity index (χ2v) is 6.58. The lowest BCUT2D eigenvalue weighted by Crippen LogP contribution is -2.40. The van der Waals surface area contributed by atoms with Crippen LogP contribution in [-0.4, -0.2) is 17.2 Å². The summed E-state index contributed by atoms with van der Waals surface area (Å²) in [5, 5.41) is 16.0. The van der Waals surface area contributed by atoms with E-state index in [-0.39, 0.29) is 17.8 Å². The summed E-state index contributed by atoms with van der Waals surface area (Å²) in [4.78, 5) is 12.3. The largest absolute Gasteiger partial charge is 0.386 e. The molecule has 2 rings (SSSR count). The van der Waals surface area contributed by atoms with Crippen LogP contribution in [0.5, 0.6) is 0 Å². The Labute approximate surface area is 148 Å². The number of rotatable bonds is 5. The molecule has 0 fully saturated rings. The van der Waals surface area contributed by atoms with Crippen LogP contribution in [0.25, 0.3) is 0 Å². The molecule has 2 unspecified atom stereocenters. The fourth-order valence-electron chi connectivity index (χ4n) is 2.73. The van der Waals surface area contributed by atoms with Gasteiger partial charge in [0.25, 0.3) is 0 Å². The summed E-state index contributed by atoms with van der Waals surface area (Å²) in [6, 6.07) is 10.6. The summed E-state index contributed by atoms with van der Waals surface area (Å²) in [5.41, 5.74) is 3.38. The van der Waals surface area contributed by atoms with Crippen molar-refractivity contribution >= 4 is 11.7 Å². The summed E-state index contributed by atoms with van der Waals surface area (Å²) >= 11 is 0. The van der Waals surface area contributed by atoms with Crippen molar-refractivity contribution < 1.29 is 14.3 Å². The fourth-order valence-corrected chi connectivity index (χ4v) is 2.73. The van der Waals surface area contributed by atoms with E-state index in [4.69, 9.17) is 0 Å². The van der Waals surface area contributed by atoms with E-state index in [9.17, 15) is 14.3 Å². The third-order valence-corrected chi connectivity index (χ3v) is 4.21. The molecule has 134 valence electrons. The first kappa shape index (κ1) is 18.9. The molecule has 0 spiro atoms. The Morgan fingerprint density at radius 1 is 1.08 bits per heavy atom. The maximum Gasteiger partial charge on any atom is 0.319 e. The van der Waals surface area contributed by atoms with Crippen molar-refractivity contribution in [2.75, 3.05) is 5.32 Å². The van der Waals surface area contributed by atoms with Crippen molar-refractivity contribution in [3.63, 3.8) is 0 Å². The molecule has 0 saturated carbocycles. The molecule has 0 aliphatic heterocycles. The Morgan fingerprint density at radius 2 is 1.72 bits per heavy atom. The minimum Gasteiger partial charge on any atom is -0.386 e. The minimum absolute atomic E-state index is 0.275. The van der Waals surface area contributed by atoms with Gasteiger partial charge in [0.15, 0.2) is 0 Å². The van der Waals surface area contributed by atoms with Gasteiger partial charge in [0.2, 0.25) is 0 Å². The van der Waals surface area contributed by atoms with E-state index in [1.54, 1.807) is 6.92 Å². The van der Waals surface area contributed by atoms with Crippen LogP contribution < -0.4 is 10.6 Å². The van der Waals surface area contributed by atoms with Crippen LogP contribution in [0.1, 0.15) is 49.5 Å². The van der Waals surface area contributed by atoms with Crippen molar-refractivity contribution in [2.24, 2.45) is 0 Å². The van der Waals surface area contributed by atoms with Crippen LogP contribution in [0.2, 0.25) is 0 Å². The predicted molar refractivity (Wildman–Crippen MR) is 98.2 cm³/mol. The van der Waals surface area contributed by atoms with Crippen LogP contribution in [0.15, 0.2) is 42.5 Å². The Hall–Kier alpha value is -2.40. The standard InChI is InChI=1S/C20H25FN2O2/c1-12(2)17-7-5-6-13(3)18(17)23-20(25)22-14(4)19(24)15-8-10-16(21)11-9-15/h5-12,14,19,24H,1-4H3,(H2,22,23,25). The smallest absolute Gasteiger partial charge is 0.319 e. The van der Waals surface area contributed by atoms with Gasteiger partial charge in [0.05, 0.1) is 12.1 Å². The Morgan fingerprint density at radius 3 is 2.32 bits per heavy atom. The van der Waals surface area contributed by atoms with Gasteiger partial charge in [-0.2, -0.15) is 0 Å². The van der Waals surface area contributed by atoms with Crippen molar-refractivity contribution in [1.29, 1.82) is 0 Å². The third kappa shape index (κ3) is 4.79. The number of carbonyl (C=O) groups is 1. The molecule has 0 heterocycles. The molecule has 2 aromatic rings. The number of aliphatic hydroxyl groups is 1. The first-order chi connectivity index (χ1) is 11.8. The zero-order chi connectivity index (χ0) is 18.6. The second-order valence-electron chi connectivity index (χ2n) is 6.58. The molecule has 0 radical (unpaired) electrons. The predicted octanol–water partition coefficient (Wildman–Crippen LogP) is 4.50. The Kier molecular flexibility index (Phi) is 6.15. The van der Waals surface area contributed by atoms with Crippen LogP contribution in [0, 0.1) is 12.7 Å². The first-order valence-electron chi connectivity index (χ1n) is 8.40. The van der Waals surface area contributed by atoms with Gasteiger partial charge in [-0.25, -0.2) is 9.18 Å². The molecule has 0 aliphatic carbocycles. The van der Waals surface area contributed by atoms with Gasteiger partial charge < -0.3 is 15.7 Å². The average molecular weight is 344 g/mol. The maximum atomic E-state index is 13.0. The van der Waals surface area contributed by atoms with Crippen molar-refractivity contribution in [1.82, 2.24) is 5.32 Å². The molecule has 0 bridgehead atoms. The minimum atomic E-state index is -0.923. The van der Waals surface area contributed by atoms with E-state index in [2.05, 4.69) is 24.5 Å². The highest BCUT2D eigenvalue weighted by atomic mass is 19.1. The zero-order valence-corrected chi connectivity index (χ0v) is 15.0. The van der Waals surface area contributed by atoms with E-state index >= 15 is 0 Å². The van der Waals surface area contributed by atoms with E-state index in [0.717, 1.165) is 16.8 Å². The quantitative estimate of drug-likeness (QED) is 0.748. The number of halogens is 1. The number of aliphatic hydroxyl groups excluding tert-OH is 1. The Bertz CT molecular complexity index is 729. The van der Waals surface area contributed by atoms with Gasteiger partial charge in [-0.1, -0.05) is 44.2 Å². The number of benzene rings is 2.